The third kappa shape index (κ3) is 8.73. The highest BCUT2D eigenvalue weighted by atomic mass is 35.5. The first kappa shape index (κ1) is 26.7. The first-order valence-electron chi connectivity index (χ1n) is 11.3. The van der Waals surface area contributed by atoms with Crippen LogP contribution in [0.2, 0.25) is 0 Å². The quantitative estimate of drug-likeness (QED) is 0.351. The number of hydrogen-bond acceptors (Lipinski definition) is 8. The third-order valence-electron chi connectivity index (χ3n) is 5.57. The SMILES string of the molecule is Cl.NCCCNC(=O)c1ccnc(Nc2ccn(CCCCN3CCC(N)CC3)c(=O)n2)c1. The Labute approximate surface area is 200 Å². The number of unbranched alkanes of at least 4 members (excludes halogenated alkanes) is 1. The van der Waals surface area contributed by atoms with Crippen LogP contribution in [0.4, 0.5) is 11.6 Å². The molecular weight excluding hydrogens is 444 g/mol. The van der Waals surface area contributed by atoms with E-state index in [2.05, 4.69) is 25.5 Å². The number of aryl methyl sites for hydroxylation is 1. The first-order chi connectivity index (χ1) is 15.5. The van der Waals surface area contributed by atoms with E-state index < -0.39 is 0 Å². The number of rotatable bonds is 11. The molecule has 33 heavy (non-hydrogen) atoms. The predicted molar refractivity (Wildman–Crippen MR) is 132 cm³/mol. The van der Waals surface area contributed by atoms with Gasteiger partial charge in [-0.15, -0.1) is 12.4 Å². The summed E-state index contributed by atoms with van der Waals surface area (Å²) in [5, 5.41) is 5.80. The van der Waals surface area contributed by atoms with E-state index in [0.29, 0.717) is 42.9 Å². The molecule has 0 atom stereocenters. The largest absolute Gasteiger partial charge is 0.352 e. The van der Waals surface area contributed by atoms with Crippen LogP contribution in [0.5, 0.6) is 0 Å². The first-order valence-corrected chi connectivity index (χ1v) is 11.3. The zero-order chi connectivity index (χ0) is 22.8. The van der Waals surface area contributed by atoms with Gasteiger partial charge in [-0.1, -0.05) is 0 Å². The molecule has 1 aliphatic heterocycles. The number of nitrogens with zero attached hydrogens (tertiary/aromatic N) is 4. The van der Waals surface area contributed by atoms with Crippen LogP contribution in [0.25, 0.3) is 0 Å². The summed E-state index contributed by atoms with van der Waals surface area (Å²) >= 11 is 0. The van der Waals surface area contributed by atoms with Crippen molar-refractivity contribution in [2.45, 2.75) is 44.7 Å². The Kier molecular flexibility index (Phi) is 11.2. The Morgan fingerprint density at radius 2 is 1.88 bits per heavy atom. The number of hydrogen-bond donors (Lipinski definition) is 4. The molecular formula is C22H35ClN8O2. The van der Waals surface area contributed by atoms with Gasteiger partial charge in [-0.2, -0.15) is 4.98 Å². The van der Waals surface area contributed by atoms with Crippen molar-refractivity contribution < 1.29 is 4.79 Å². The molecule has 6 N–H and O–H groups in total. The number of nitrogens with two attached hydrogens (primary N) is 2. The minimum Gasteiger partial charge on any atom is -0.352 e. The molecule has 1 aliphatic rings. The lowest BCUT2D eigenvalue weighted by Crippen LogP contribution is -2.40. The molecule has 1 fully saturated rings. The molecule has 2 aromatic rings. The molecule has 1 saturated heterocycles. The van der Waals surface area contributed by atoms with Crippen LogP contribution in [-0.2, 0) is 6.54 Å². The Morgan fingerprint density at radius 3 is 2.61 bits per heavy atom. The summed E-state index contributed by atoms with van der Waals surface area (Å²) in [6.45, 7) is 4.84. The standard InChI is InChI=1S/C22H34N8O2.ClH/c23-8-3-9-26-21(31)17-4-10-25-20(16-17)27-19-7-15-30(22(32)28-19)12-2-1-11-29-13-5-18(24)6-14-29;/h4,7,10,15-16,18H,1-3,5-6,8-9,11-14,23-24H2,(H,26,31)(H,25,27,28,32);1H. The van der Waals surface area contributed by atoms with Gasteiger partial charge < -0.3 is 27.0 Å². The van der Waals surface area contributed by atoms with Crippen molar-refractivity contribution in [3.8, 4) is 0 Å². The van der Waals surface area contributed by atoms with Crippen LogP contribution in [0.3, 0.4) is 0 Å². The fourth-order valence-electron chi connectivity index (χ4n) is 3.64. The van der Waals surface area contributed by atoms with Gasteiger partial charge in [0.2, 0.25) is 0 Å². The summed E-state index contributed by atoms with van der Waals surface area (Å²) in [4.78, 5) is 35.3. The van der Waals surface area contributed by atoms with Gasteiger partial charge in [-0.3, -0.25) is 9.36 Å². The van der Waals surface area contributed by atoms with Crippen LogP contribution in [0, 0.1) is 0 Å². The molecule has 0 spiro atoms. The van der Waals surface area contributed by atoms with E-state index in [1.807, 2.05) is 0 Å². The molecule has 182 valence electrons. The zero-order valence-corrected chi connectivity index (χ0v) is 19.7. The number of halogens is 1. The summed E-state index contributed by atoms with van der Waals surface area (Å²) in [6.07, 6.45) is 8.07. The molecule has 0 unspecified atom stereocenters. The minimum atomic E-state index is -0.311. The van der Waals surface area contributed by atoms with E-state index in [4.69, 9.17) is 11.5 Å². The Bertz CT molecular complexity index is 931. The normalized spacial score (nSPS) is 14.5. The maximum absolute atomic E-state index is 12.4. The maximum atomic E-state index is 12.4. The molecule has 0 aromatic carbocycles. The fourth-order valence-corrected chi connectivity index (χ4v) is 3.64. The monoisotopic (exact) mass is 478 g/mol. The Morgan fingerprint density at radius 1 is 1.12 bits per heavy atom. The smallest absolute Gasteiger partial charge is 0.349 e. The second-order valence-electron chi connectivity index (χ2n) is 8.13. The van der Waals surface area contributed by atoms with Crippen molar-refractivity contribution in [2.75, 3.05) is 38.0 Å². The number of amides is 1. The second kappa shape index (κ2) is 13.9. The van der Waals surface area contributed by atoms with E-state index in [0.717, 1.165) is 51.7 Å². The van der Waals surface area contributed by atoms with Crippen molar-refractivity contribution in [2.24, 2.45) is 11.5 Å². The van der Waals surface area contributed by atoms with E-state index in [-0.39, 0.29) is 24.0 Å². The second-order valence-corrected chi connectivity index (χ2v) is 8.13. The lowest BCUT2D eigenvalue weighted by molar-refractivity contribution is 0.0953. The number of nitrogens with one attached hydrogen (secondary N) is 2. The van der Waals surface area contributed by atoms with Crippen molar-refractivity contribution in [1.29, 1.82) is 0 Å². The van der Waals surface area contributed by atoms with Crippen molar-refractivity contribution in [3.05, 3.63) is 46.6 Å². The number of pyridine rings is 1. The van der Waals surface area contributed by atoms with E-state index in [1.54, 1.807) is 29.0 Å². The number of aromatic nitrogens is 3. The molecule has 3 rings (SSSR count). The highest BCUT2D eigenvalue weighted by Gasteiger charge is 2.15. The summed E-state index contributed by atoms with van der Waals surface area (Å²) < 4.78 is 1.62. The molecule has 11 heteroatoms. The molecule has 0 aliphatic carbocycles. The number of anilines is 2. The van der Waals surface area contributed by atoms with Crippen LogP contribution >= 0.6 is 12.4 Å². The minimum absolute atomic E-state index is 0. The highest BCUT2D eigenvalue weighted by molar-refractivity contribution is 5.94. The van der Waals surface area contributed by atoms with Gasteiger partial charge in [-0.05, 0) is 76.5 Å². The third-order valence-corrected chi connectivity index (χ3v) is 5.57. The van der Waals surface area contributed by atoms with Gasteiger partial charge in [0.15, 0.2) is 0 Å². The number of carbonyl (C=O) groups excluding carboxylic acids is 1. The van der Waals surface area contributed by atoms with E-state index in [1.165, 1.54) is 6.20 Å². The van der Waals surface area contributed by atoms with Gasteiger partial charge in [0, 0.05) is 37.1 Å². The molecule has 2 aromatic heterocycles. The van der Waals surface area contributed by atoms with E-state index in [9.17, 15) is 9.59 Å². The summed E-state index contributed by atoms with van der Waals surface area (Å²) in [5.74, 6) is 0.645. The molecule has 0 bridgehead atoms. The predicted octanol–water partition coefficient (Wildman–Crippen LogP) is 1.09. The fraction of sp³-hybridized carbons (Fsp3) is 0.545. The van der Waals surface area contributed by atoms with Crippen LogP contribution < -0.4 is 27.8 Å². The Hall–Kier alpha value is -2.53. The van der Waals surface area contributed by atoms with Crippen LogP contribution in [-0.4, -0.2) is 64.1 Å². The van der Waals surface area contributed by atoms with E-state index >= 15 is 0 Å². The van der Waals surface area contributed by atoms with Crippen molar-refractivity contribution >= 4 is 29.9 Å². The van der Waals surface area contributed by atoms with Crippen molar-refractivity contribution in [3.63, 3.8) is 0 Å². The average molecular weight is 479 g/mol. The van der Waals surface area contributed by atoms with Crippen LogP contribution in [0.15, 0.2) is 35.4 Å². The lowest BCUT2D eigenvalue weighted by Gasteiger charge is -2.29. The molecule has 0 saturated carbocycles. The number of likely N-dealkylation sites (tertiary alicyclic amines) is 1. The van der Waals surface area contributed by atoms with Gasteiger partial charge in [0.1, 0.15) is 11.6 Å². The summed E-state index contributed by atoms with van der Waals surface area (Å²) in [6, 6.07) is 5.34. The highest BCUT2D eigenvalue weighted by Crippen LogP contribution is 2.13. The maximum Gasteiger partial charge on any atom is 0.349 e. The molecule has 3 heterocycles. The van der Waals surface area contributed by atoms with Crippen molar-refractivity contribution in [1.82, 2.24) is 24.8 Å². The average Bonchev–Trinajstić information content (AvgIpc) is 2.79. The number of piperidine rings is 1. The van der Waals surface area contributed by atoms with Crippen LogP contribution in [0.1, 0.15) is 42.5 Å². The van der Waals surface area contributed by atoms with Gasteiger partial charge in [0.25, 0.3) is 5.91 Å². The molecule has 10 nitrogen and oxygen atoms in total. The summed E-state index contributed by atoms with van der Waals surface area (Å²) in [5.41, 5.74) is 11.6. The van der Waals surface area contributed by atoms with Gasteiger partial charge in [0.05, 0.1) is 0 Å². The lowest BCUT2D eigenvalue weighted by atomic mass is 10.1. The van der Waals surface area contributed by atoms with Gasteiger partial charge in [-0.25, -0.2) is 9.78 Å². The molecule has 0 radical (unpaired) electrons. The topological polar surface area (TPSA) is 144 Å². The Balaban J connectivity index is 0.00000385. The van der Waals surface area contributed by atoms with Gasteiger partial charge >= 0.3 is 5.69 Å². The summed E-state index contributed by atoms with van der Waals surface area (Å²) in [7, 11) is 0. The number of carbonyl (C=O) groups is 1. The zero-order valence-electron chi connectivity index (χ0n) is 18.9. The molecule has 1 amide bonds.